The predicted octanol–water partition coefficient (Wildman–Crippen LogP) is -0.663. The van der Waals surface area contributed by atoms with Gasteiger partial charge in [0, 0.05) is 0 Å². The molecule has 0 aromatic rings. The van der Waals surface area contributed by atoms with Gasteiger partial charge in [-0.05, 0) is 0 Å². The molecule has 0 atom stereocenters. The molecule has 0 aliphatic heterocycles. The molecule has 0 saturated carbocycles. The molecule has 0 heterocycles. The molecule has 3 nitrogen and oxygen atoms in total. The van der Waals surface area contributed by atoms with E-state index in [2.05, 4.69) is 0 Å². The zero-order valence-corrected chi connectivity index (χ0v) is 6.68. The topological polar surface area (TPSA) is 78.1 Å². The van der Waals surface area contributed by atoms with Gasteiger partial charge in [-0.15, -0.1) is 12.4 Å². The van der Waals surface area contributed by atoms with E-state index < -0.39 is 15.8 Å². The molecule has 46 valence electrons. The van der Waals surface area contributed by atoms with Gasteiger partial charge in [0.2, 0.25) is 0 Å². The van der Waals surface area contributed by atoms with E-state index in [0.717, 1.165) is 0 Å². The second-order valence-electron chi connectivity index (χ2n) is 0.523. The summed E-state index contributed by atoms with van der Waals surface area (Å²) >= 11 is -2.97. The molecule has 0 amide bonds. The molecular formula is H7Cl2N3Pt. The zero-order valence-electron chi connectivity index (χ0n) is 2.83. The van der Waals surface area contributed by atoms with Crippen LogP contribution in [0.5, 0.6) is 0 Å². The first-order chi connectivity index (χ1) is 2.00. The maximum atomic E-state index is 5.04. The molecule has 0 radical (unpaired) electrons. The Kier molecular flexibility index (Phi) is 5.42. The number of nitrogens with two attached hydrogens (primary N) is 3. The van der Waals surface area contributed by atoms with Crippen molar-refractivity contribution in [1.82, 2.24) is 0 Å². The van der Waals surface area contributed by atoms with Gasteiger partial charge >= 0.3 is 38.1 Å². The van der Waals surface area contributed by atoms with Crippen molar-refractivity contribution in [1.29, 1.82) is 0 Å². The molecule has 0 unspecified atom stereocenters. The van der Waals surface area contributed by atoms with Crippen LogP contribution in [-0.2, 0) is 15.8 Å². The Bertz CT molecular complexity index is 24.3. The summed E-state index contributed by atoms with van der Waals surface area (Å²) < 4.78 is 14.6. The fraction of sp³-hybridized carbons (Fsp3) is 0. The first kappa shape index (κ1) is 10.2. The minimum atomic E-state index is -2.97. The Balaban J connectivity index is 0. The van der Waals surface area contributed by atoms with Crippen molar-refractivity contribution in [3.05, 3.63) is 0 Å². The van der Waals surface area contributed by atoms with Crippen LogP contribution in [-0.4, -0.2) is 0 Å². The summed E-state index contributed by atoms with van der Waals surface area (Å²) in [5, 5.41) is 0. The molecule has 0 aromatic heterocycles. The van der Waals surface area contributed by atoms with Crippen molar-refractivity contribution in [3.63, 3.8) is 0 Å². The number of rotatable bonds is 0. The van der Waals surface area contributed by atoms with Crippen LogP contribution in [0.4, 0.5) is 0 Å². The van der Waals surface area contributed by atoms with Gasteiger partial charge in [0.15, 0.2) is 0 Å². The Morgan fingerprint density at radius 2 is 1.17 bits per heavy atom. The fourth-order valence-electron chi connectivity index (χ4n) is 0. The molecule has 0 fully saturated rings. The number of halogens is 2. The summed E-state index contributed by atoms with van der Waals surface area (Å²) in [6.07, 6.45) is 0. The third-order valence-electron chi connectivity index (χ3n) is 0. The van der Waals surface area contributed by atoms with Crippen LogP contribution in [0.25, 0.3) is 0 Å². The molecule has 6 heteroatoms. The van der Waals surface area contributed by atoms with Crippen LogP contribution in [0.1, 0.15) is 0 Å². The second-order valence-corrected chi connectivity index (χ2v) is 7.67. The standard InChI is InChI=1S/2ClH.3H2N.Pt/h2*1H;3*1H2;/q;;3*-1;+4/p-1. The van der Waals surface area contributed by atoms with Gasteiger partial charge in [-0.3, -0.25) is 0 Å². The summed E-state index contributed by atoms with van der Waals surface area (Å²) in [4.78, 5) is 0. The molecule has 0 aliphatic carbocycles. The average molecular weight is 315 g/mol. The van der Waals surface area contributed by atoms with Gasteiger partial charge < -0.3 is 0 Å². The van der Waals surface area contributed by atoms with Crippen molar-refractivity contribution in [2.45, 2.75) is 0 Å². The van der Waals surface area contributed by atoms with E-state index in [0.29, 0.717) is 0 Å². The molecular weight excluding hydrogens is 308 g/mol. The summed E-state index contributed by atoms with van der Waals surface area (Å²) in [6, 6.07) is 0. The molecule has 0 aromatic carbocycles. The fourth-order valence-corrected chi connectivity index (χ4v) is 0. The molecule has 6 N–H and O–H groups in total. The van der Waals surface area contributed by atoms with Gasteiger partial charge in [0.05, 0.1) is 0 Å². The van der Waals surface area contributed by atoms with Gasteiger partial charge in [0.1, 0.15) is 0 Å². The van der Waals surface area contributed by atoms with E-state index in [4.69, 9.17) is 22.3 Å². The van der Waals surface area contributed by atoms with Crippen molar-refractivity contribution in [2.24, 2.45) is 12.9 Å². The van der Waals surface area contributed by atoms with Gasteiger partial charge in [-0.1, -0.05) is 0 Å². The Labute approximate surface area is 50.6 Å². The summed E-state index contributed by atoms with van der Waals surface area (Å²) in [5.41, 5.74) is 0. The molecule has 0 spiro atoms. The SMILES string of the molecule is Cl.[NH2][Pt]([NH2])([NH2])[Cl]. The third-order valence-corrected chi connectivity index (χ3v) is 0. The Hall–Kier alpha value is 1.15. The maximum absolute atomic E-state index is 5.04. The van der Waals surface area contributed by atoms with Crippen LogP contribution in [0.3, 0.4) is 0 Å². The van der Waals surface area contributed by atoms with Crippen molar-refractivity contribution in [2.75, 3.05) is 0 Å². The van der Waals surface area contributed by atoms with Crippen molar-refractivity contribution in [3.8, 4) is 0 Å². The average Bonchev–Trinajstić information content (AvgIpc) is 0.722. The van der Waals surface area contributed by atoms with E-state index >= 15 is 0 Å². The van der Waals surface area contributed by atoms with Crippen LogP contribution in [0.2, 0.25) is 0 Å². The van der Waals surface area contributed by atoms with Gasteiger partial charge in [0.25, 0.3) is 0 Å². The van der Waals surface area contributed by atoms with Crippen LogP contribution >= 0.6 is 21.8 Å². The first-order valence-corrected chi connectivity index (χ1v) is 7.42. The zero-order chi connectivity index (χ0) is 4.50. The van der Waals surface area contributed by atoms with Gasteiger partial charge in [-0.25, -0.2) is 0 Å². The van der Waals surface area contributed by atoms with E-state index in [1.54, 1.807) is 0 Å². The first-order valence-electron chi connectivity index (χ1n) is 0.667. The summed E-state index contributed by atoms with van der Waals surface area (Å²) in [5.74, 6) is 0. The van der Waals surface area contributed by atoms with Crippen LogP contribution < -0.4 is 12.9 Å². The molecule has 0 rings (SSSR count). The van der Waals surface area contributed by atoms with E-state index in [1.807, 2.05) is 0 Å². The number of hydrogen-bond acceptors (Lipinski definition) is 3. The van der Waals surface area contributed by atoms with E-state index in [9.17, 15) is 0 Å². The number of hydrogen-bond donors (Lipinski definition) is 3. The van der Waals surface area contributed by atoms with Crippen LogP contribution in [0, 0.1) is 0 Å². The quantitative estimate of drug-likeness (QED) is 0.555. The van der Waals surface area contributed by atoms with E-state index in [1.165, 1.54) is 0 Å². The van der Waals surface area contributed by atoms with Gasteiger partial charge in [-0.2, -0.15) is 0 Å². The predicted molar refractivity (Wildman–Crippen MR) is 25.7 cm³/mol. The van der Waals surface area contributed by atoms with Crippen molar-refractivity contribution >= 4 is 21.8 Å². The third kappa shape index (κ3) is 67.2. The molecule has 6 heavy (non-hydrogen) atoms. The normalized spacial score (nSPS) is 12.7. The monoisotopic (exact) mass is 314 g/mol. The van der Waals surface area contributed by atoms with Crippen molar-refractivity contribution < 1.29 is 15.8 Å². The Morgan fingerprint density at radius 3 is 1.17 bits per heavy atom. The minimum absolute atomic E-state index is 0. The summed E-state index contributed by atoms with van der Waals surface area (Å²) in [6.45, 7) is 0. The van der Waals surface area contributed by atoms with Crippen LogP contribution in [0.15, 0.2) is 0 Å². The Morgan fingerprint density at radius 1 is 1.17 bits per heavy atom. The summed E-state index contributed by atoms with van der Waals surface area (Å²) in [7, 11) is 5.04. The molecule has 0 bridgehead atoms. The van der Waals surface area contributed by atoms with E-state index in [-0.39, 0.29) is 12.4 Å². The second kappa shape index (κ2) is 3.19. The molecule has 0 aliphatic rings. The molecule has 0 saturated heterocycles.